The van der Waals surface area contributed by atoms with Gasteiger partial charge in [-0.05, 0) is 18.6 Å². The van der Waals surface area contributed by atoms with Gasteiger partial charge in [-0.15, -0.1) is 6.42 Å². The molecule has 0 fully saturated rings. The molecule has 1 aromatic carbocycles. The topological polar surface area (TPSA) is 64.0 Å². The van der Waals surface area contributed by atoms with Crippen LogP contribution >= 0.6 is 11.8 Å². The number of aromatic nitrogens is 2. The van der Waals surface area contributed by atoms with Crippen LogP contribution in [0.3, 0.4) is 0 Å². The van der Waals surface area contributed by atoms with Crippen LogP contribution in [0.5, 0.6) is 0 Å². The molecule has 0 radical (unpaired) electrons. The summed E-state index contributed by atoms with van der Waals surface area (Å²) in [4.78, 5) is 28.7. The van der Waals surface area contributed by atoms with Gasteiger partial charge in [-0.1, -0.05) is 36.7 Å². The fraction of sp³-hybridized carbons (Fsp3) is 0.312. The second-order valence-electron chi connectivity index (χ2n) is 4.64. The molecule has 22 heavy (non-hydrogen) atoms. The number of fused-ring (bicyclic) bond motifs is 1. The van der Waals surface area contributed by atoms with E-state index in [0.717, 1.165) is 6.42 Å². The molecule has 0 atom stereocenters. The molecular weight excluding hydrogens is 298 g/mol. The number of terminal acetylenes is 1. The summed E-state index contributed by atoms with van der Waals surface area (Å²) in [5.74, 6) is 2.35. The first kappa shape index (κ1) is 16.1. The first-order valence-electron chi connectivity index (χ1n) is 7.00. The normalized spacial score (nSPS) is 10.4. The van der Waals surface area contributed by atoms with Crippen molar-refractivity contribution in [1.29, 1.82) is 0 Å². The van der Waals surface area contributed by atoms with Crippen LogP contribution in [0, 0.1) is 12.3 Å². The number of benzene rings is 1. The van der Waals surface area contributed by atoms with E-state index in [9.17, 15) is 9.59 Å². The first-order chi connectivity index (χ1) is 10.7. The molecule has 0 aliphatic heterocycles. The van der Waals surface area contributed by atoms with E-state index in [1.807, 2.05) is 19.1 Å². The maximum atomic E-state index is 12.5. The second kappa shape index (κ2) is 7.66. The Hall–Kier alpha value is -2.26. The average Bonchev–Trinajstić information content (AvgIpc) is 2.54. The van der Waals surface area contributed by atoms with E-state index in [2.05, 4.69) is 16.2 Å². The van der Waals surface area contributed by atoms with Gasteiger partial charge in [0, 0.05) is 6.54 Å². The van der Waals surface area contributed by atoms with Gasteiger partial charge in [-0.2, -0.15) is 0 Å². The van der Waals surface area contributed by atoms with Crippen molar-refractivity contribution in [3.8, 4) is 12.3 Å². The summed E-state index contributed by atoms with van der Waals surface area (Å²) in [6.45, 7) is 2.77. The monoisotopic (exact) mass is 315 g/mol. The van der Waals surface area contributed by atoms with Crippen molar-refractivity contribution in [3.05, 3.63) is 34.6 Å². The zero-order valence-electron chi connectivity index (χ0n) is 12.3. The van der Waals surface area contributed by atoms with Crippen LogP contribution in [0.25, 0.3) is 10.9 Å². The minimum Gasteiger partial charge on any atom is -0.344 e. The highest BCUT2D eigenvalue weighted by molar-refractivity contribution is 7.99. The van der Waals surface area contributed by atoms with Gasteiger partial charge in [-0.25, -0.2) is 4.98 Å². The molecule has 5 nitrogen and oxygen atoms in total. The molecule has 1 aromatic heterocycles. The summed E-state index contributed by atoms with van der Waals surface area (Å²) in [7, 11) is 0. The van der Waals surface area contributed by atoms with E-state index in [0.29, 0.717) is 22.6 Å². The molecule has 0 spiro atoms. The van der Waals surface area contributed by atoms with Crippen molar-refractivity contribution in [2.45, 2.75) is 25.0 Å². The summed E-state index contributed by atoms with van der Waals surface area (Å²) in [6, 6.07) is 7.23. The van der Waals surface area contributed by atoms with Crippen molar-refractivity contribution in [2.24, 2.45) is 0 Å². The van der Waals surface area contributed by atoms with Gasteiger partial charge in [0.25, 0.3) is 5.56 Å². The molecular formula is C16H17N3O2S. The molecule has 2 aromatic rings. The Bertz CT molecular complexity index is 777. The Morgan fingerprint density at radius 2 is 2.23 bits per heavy atom. The molecule has 0 aliphatic carbocycles. The van der Waals surface area contributed by atoms with Crippen molar-refractivity contribution in [3.63, 3.8) is 0 Å². The molecule has 0 aliphatic rings. The van der Waals surface area contributed by atoms with Gasteiger partial charge in [-0.3, -0.25) is 14.2 Å². The fourth-order valence-corrected chi connectivity index (χ4v) is 2.86. The molecule has 2 rings (SSSR count). The van der Waals surface area contributed by atoms with E-state index < -0.39 is 0 Å². The van der Waals surface area contributed by atoms with Gasteiger partial charge in [0.05, 0.1) is 23.2 Å². The Balaban J connectivity index is 2.31. The average molecular weight is 315 g/mol. The molecule has 0 unspecified atom stereocenters. The lowest BCUT2D eigenvalue weighted by Gasteiger charge is -2.12. The third-order valence-electron chi connectivity index (χ3n) is 2.99. The number of nitrogens with one attached hydrogen (secondary N) is 1. The summed E-state index contributed by atoms with van der Waals surface area (Å²) < 4.78 is 1.63. The highest BCUT2D eigenvalue weighted by Crippen LogP contribution is 2.17. The van der Waals surface area contributed by atoms with E-state index in [1.165, 1.54) is 11.8 Å². The molecule has 0 saturated carbocycles. The summed E-state index contributed by atoms with van der Waals surface area (Å²) in [6.07, 6.45) is 5.92. The third-order valence-corrected chi connectivity index (χ3v) is 3.97. The number of para-hydroxylation sites is 1. The minimum absolute atomic E-state index is 0.0704. The van der Waals surface area contributed by atoms with Crippen molar-refractivity contribution >= 4 is 28.6 Å². The zero-order valence-corrected chi connectivity index (χ0v) is 13.2. The van der Waals surface area contributed by atoms with Gasteiger partial charge in [0.15, 0.2) is 5.16 Å². The number of carbonyl (C=O) groups excluding carboxylic acids is 1. The largest absolute Gasteiger partial charge is 0.344 e. The lowest BCUT2D eigenvalue weighted by atomic mass is 10.2. The molecule has 1 N–H and O–H groups in total. The van der Waals surface area contributed by atoms with Crippen LogP contribution in [0.4, 0.5) is 0 Å². The fourth-order valence-electron chi connectivity index (χ4n) is 2.01. The van der Waals surface area contributed by atoms with E-state index in [-0.39, 0.29) is 23.8 Å². The lowest BCUT2D eigenvalue weighted by Crippen LogP contribution is -2.27. The first-order valence-corrected chi connectivity index (χ1v) is 7.98. The number of rotatable bonds is 6. The Morgan fingerprint density at radius 3 is 2.95 bits per heavy atom. The third kappa shape index (κ3) is 3.68. The second-order valence-corrected chi connectivity index (χ2v) is 5.58. The lowest BCUT2D eigenvalue weighted by molar-refractivity contribution is -0.118. The number of hydrogen-bond acceptors (Lipinski definition) is 4. The SMILES string of the molecule is C#CCNC(=O)CSc1nc2ccccc2c(=O)n1CCC. The smallest absolute Gasteiger partial charge is 0.262 e. The van der Waals surface area contributed by atoms with E-state index in [1.54, 1.807) is 16.7 Å². The maximum absolute atomic E-state index is 12.5. The van der Waals surface area contributed by atoms with E-state index >= 15 is 0 Å². The maximum Gasteiger partial charge on any atom is 0.262 e. The predicted molar refractivity (Wildman–Crippen MR) is 88.9 cm³/mol. The quantitative estimate of drug-likeness (QED) is 0.500. The summed E-state index contributed by atoms with van der Waals surface area (Å²) in [5, 5.41) is 3.75. The summed E-state index contributed by atoms with van der Waals surface area (Å²) >= 11 is 1.25. The summed E-state index contributed by atoms with van der Waals surface area (Å²) in [5.41, 5.74) is 0.574. The van der Waals surface area contributed by atoms with Gasteiger partial charge in [0.2, 0.25) is 5.91 Å². The molecule has 0 saturated heterocycles. The van der Waals surface area contributed by atoms with Crippen LogP contribution in [0.15, 0.2) is 34.2 Å². The Morgan fingerprint density at radius 1 is 1.45 bits per heavy atom. The van der Waals surface area contributed by atoms with Crippen LogP contribution in [0.1, 0.15) is 13.3 Å². The number of thioether (sulfide) groups is 1. The number of nitrogens with zero attached hydrogens (tertiary/aromatic N) is 2. The van der Waals surface area contributed by atoms with Gasteiger partial charge >= 0.3 is 0 Å². The van der Waals surface area contributed by atoms with E-state index in [4.69, 9.17) is 6.42 Å². The molecule has 1 heterocycles. The highest BCUT2D eigenvalue weighted by atomic mass is 32.2. The van der Waals surface area contributed by atoms with Gasteiger partial charge in [0.1, 0.15) is 0 Å². The standard InChI is InChI=1S/C16H17N3O2S/c1-3-9-17-14(20)11-22-16-18-13-8-6-5-7-12(13)15(21)19(16)10-4-2/h1,5-8H,4,9-11H2,2H3,(H,17,20). The van der Waals surface area contributed by atoms with Crippen LogP contribution in [-0.2, 0) is 11.3 Å². The number of carbonyl (C=O) groups is 1. The zero-order chi connectivity index (χ0) is 15.9. The highest BCUT2D eigenvalue weighted by Gasteiger charge is 2.12. The van der Waals surface area contributed by atoms with Crippen molar-refractivity contribution in [2.75, 3.05) is 12.3 Å². The minimum atomic E-state index is -0.173. The Kier molecular flexibility index (Phi) is 5.61. The number of amides is 1. The molecule has 114 valence electrons. The Labute approximate surface area is 133 Å². The van der Waals surface area contributed by atoms with Crippen LogP contribution < -0.4 is 10.9 Å². The van der Waals surface area contributed by atoms with Crippen LogP contribution in [0.2, 0.25) is 0 Å². The molecule has 1 amide bonds. The van der Waals surface area contributed by atoms with Gasteiger partial charge < -0.3 is 5.32 Å². The van der Waals surface area contributed by atoms with Crippen molar-refractivity contribution < 1.29 is 4.79 Å². The molecule has 0 bridgehead atoms. The molecule has 6 heteroatoms. The van der Waals surface area contributed by atoms with Crippen LogP contribution in [-0.4, -0.2) is 27.8 Å². The predicted octanol–water partition coefficient (Wildman–Crippen LogP) is 1.65. The number of hydrogen-bond donors (Lipinski definition) is 1. The van der Waals surface area contributed by atoms with Crippen molar-refractivity contribution in [1.82, 2.24) is 14.9 Å².